The van der Waals surface area contributed by atoms with Crippen LogP contribution >= 0.6 is 11.6 Å². The number of hydrogen-bond donors (Lipinski definition) is 2. The Labute approximate surface area is 111 Å². The van der Waals surface area contributed by atoms with Gasteiger partial charge in [0.1, 0.15) is 0 Å². The molecule has 5 nitrogen and oxygen atoms in total. The van der Waals surface area contributed by atoms with E-state index in [1.807, 2.05) is 0 Å². The third-order valence-electron chi connectivity index (χ3n) is 2.45. The molecule has 0 unspecified atom stereocenters. The molecular formula is C12H16ClN3O2. The Balaban J connectivity index is 2.92. The number of amides is 2. The van der Waals surface area contributed by atoms with E-state index in [4.69, 9.17) is 17.3 Å². The Morgan fingerprint density at radius 1 is 1.39 bits per heavy atom. The summed E-state index contributed by atoms with van der Waals surface area (Å²) in [4.78, 5) is 24.9. The van der Waals surface area contributed by atoms with Gasteiger partial charge in [-0.25, -0.2) is 0 Å². The quantitative estimate of drug-likeness (QED) is 0.805. The van der Waals surface area contributed by atoms with Crippen LogP contribution in [-0.4, -0.2) is 36.9 Å². The van der Waals surface area contributed by atoms with E-state index in [2.05, 4.69) is 5.32 Å². The van der Waals surface area contributed by atoms with Gasteiger partial charge in [0.25, 0.3) is 5.91 Å². The third-order valence-corrected chi connectivity index (χ3v) is 2.67. The summed E-state index contributed by atoms with van der Waals surface area (Å²) in [6.07, 6.45) is 0. The number of nitrogens with zero attached hydrogens (tertiary/aromatic N) is 1. The highest BCUT2D eigenvalue weighted by Gasteiger charge is 2.17. The van der Waals surface area contributed by atoms with Gasteiger partial charge in [-0.1, -0.05) is 11.6 Å². The Morgan fingerprint density at radius 2 is 2.06 bits per heavy atom. The van der Waals surface area contributed by atoms with E-state index in [0.29, 0.717) is 22.8 Å². The van der Waals surface area contributed by atoms with Gasteiger partial charge in [-0.15, -0.1) is 0 Å². The third kappa shape index (κ3) is 3.63. The molecule has 0 fully saturated rings. The van der Waals surface area contributed by atoms with Crippen LogP contribution in [0.15, 0.2) is 18.2 Å². The van der Waals surface area contributed by atoms with Gasteiger partial charge in [-0.2, -0.15) is 0 Å². The van der Waals surface area contributed by atoms with Crippen molar-refractivity contribution >= 4 is 29.1 Å². The van der Waals surface area contributed by atoms with Crippen LogP contribution in [0.25, 0.3) is 0 Å². The Morgan fingerprint density at radius 3 is 2.56 bits per heavy atom. The van der Waals surface area contributed by atoms with Crippen molar-refractivity contribution in [3.8, 4) is 0 Å². The summed E-state index contributed by atoms with van der Waals surface area (Å²) in [5.41, 5.74) is 6.43. The van der Waals surface area contributed by atoms with Crippen LogP contribution in [-0.2, 0) is 4.79 Å². The molecule has 0 aliphatic heterocycles. The molecule has 1 rings (SSSR count). The second-order valence-corrected chi connectivity index (χ2v) is 4.20. The Bertz CT molecular complexity index is 442. The SMILES string of the molecule is CCN(CC(=O)NC)C(=O)c1cc(N)cc(Cl)c1. The highest BCUT2D eigenvalue weighted by molar-refractivity contribution is 6.31. The van der Waals surface area contributed by atoms with Crippen LogP contribution in [0, 0.1) is 0 Å². The molecule has 3 N–H and O–H groups in total. The maximum atomic E-state index is 12.2. The summed E-state index contributed by atoms with van der Waals surface area (Å²) in [5.74, 6) is -0.490. The minimum Gasteiger partial charge on any atom is -0.399 e. The van der Waals surface area contributed by atoms with Crippen molar-refractivity contribution in [2.75, 3.05) is 25.9 Å². The lowest BCUT2D eigenvalue weighted by molar-refractivity contribution is -0.121. The van der Waals surface area contributed by atoms with E-state index in [-0.39, 0.29) is 18.4 Å². The first kappa shape index (κ1) is 14.3. The lowest BCUT2D eigenvalue weighted by atomic mass is 10.1. The minimum atomic E-state index is -0.268. The van der Waals surface area contributed by atoms with Crippen LogP contribution in [0.1, 0.15) is 17.3 Å². The molecule has 0 spiro atoms. The van der Waals surface area contributed by atoms with E-state index in [9.17, 15) is 9.59 Å². The maximum Gasteiger partial charge on any atom is 0.254 e. The Hall–Kier alpha value is -1.75. The number of nitrogen functional groups attached to an aromatic ring is 1. The zero-order chi connectivity index (χ0) is 13.7. The van der Waals surface area contributed by atoms with Crippen molar-refractivity contribution in [3.63, 3.8) is 0 Å². The number of nitrogens with one attached hydrogen (secondary N) is 1. The Kier molecular flexibility index (Phi) is 4.97. The molecule has 0 aromatic heterocycles. The first-order chi connectivity index (χ1) is 8.47. The second kappa shape index (κ2) is 6.26. The number of hydrogen-bond acceptors (Lipinski definition) is 3. The van der Waals surface area contributed by atoms with Gasteiger partial charge in [0.15, 0.2) is 0 Å². The lowest BCUT2D eigenvalue weighted by Crippen LogP contribution is -2.39. The smallest absolute Gasteiger partial charge is 0.254 e. The molecule has 98 valence electrons. The number of carbonyl (C=O) groups excluding carboxylic acids is 2. The molecule has 1 aromatic carbocycles. The van der Waals surface area contributed by atoms with Gasteiger partial charge < -0.3 is 16.0 Å². The van der Waals surface area contributed by atoms with E-state index in [1.54, 1.807) is 19.1 Å². The molecule has 0 aliphatic carbocycles. The molecule has 0 saturated heterocycles. The summed E-state index contributed by atoms with van der Waals surface area (Å²) in [6.45, 7) is 2.24. The molecule has 0 bridgehead atoms. The van der Waals surface area contributed by atoms with Gasteiger partial charge in [0.05, 0.1) is 6.54 Å². The monoisotopic (exact) mass is 269 g/mol. The lowest BCUT2D eigenvalue weighted by Gasteiger charge is -2.20. The van der Waals surface area contributed by atoms with E-state index in [1.165, 1.54) is 18.0 Å². The molecule has 6 heteroatoms. The molecular weight excluding hydrogens is 254 g/mol. The normalized spacial score (nSPS) is 9.94. The van der Waals surface area contributed by atoms with Crippen molar-refractivity contribution in [1.29, 1.82) is 0 Å². The van der Waals surface area contributed by atoms with Gasteiger partial charge >= 0.3 is 0 Å². The number of likely N-dealkylation sites (N-methyl/N-ethyl adjacent to an activating group) is 2. The summed E-state index contributed by atoms with van der Waals surface area (Å²) >= 11 is 5.85. The molecule has 0 atom stereocenters. The molecule has 1 aromatic rings. The van der Waals surface area contributed by atoms with Crippen LogP contribution in [0.4, 0.5) is 5.69 Å². The van der Waals surface area contributed by atoms with Crippen LogP contribution in [0.2, 0.25) is 5.02 Å². The fourth-order valence-electron chi connectivity index (χ4n) is 1.50. The van der Waals surface area contributed by atoms with Gasteiger partial charge in [0, 0.05) is 29.9 Å². The zero-order valence-corrected chi connectivity index (χ0v) is 11.1. The number of halogens is 1. The van der Waals surface area contributed by atoms with Crippen LogP contribution in [0.3, 0.4) is 0 Å². The maximum absolute atomic E-state index is 12.2. The summed E-state index contributed by atoms with van der Waals surface area (Å²) in [7, 11) is 1.53. The highest BCUT2D eigenvalue weighted by Crippen LogP contribution is 2.18. The number of nitrogens with two attached hydrogens (primary N) is 1. The highest BCUT2D eigenvalue weighted by atomic mass is 35.5. The number of carbonyl (C=O) groups is 2. The van der Waals surface area contributed by atoms with Crippen molar-refractivity contribution < 1.29 is 9.59 Å². The van der Waals surface area contributed by atoms with Crippen molar-refractivity contribution in [3.05, 3.63) is 28.8 Å². The fraction of sp³-hybridized carbons (Fsp3) is 0.333. The second-order valence-electron chi connectivity index (χ2n) is 3.77. The van der Waals surface area contributed by atoms with Gasteiger partial charge in [0.2, 0.25) is 5.91 Å². The summed E-state index contributed by atoms with van der Waals surface area (Å²) < 4.78 is 0. The molecule has 0 radical (unpaired) electrons. The largest absolute Gasteiger partial charge is 0.399 e. The first-order valence-electron chi connectivity index (χ1n) is 5.53. The fourth-order valence-corrected chi connectivity index (χ4v) is 1.74. The van der Waals surface area contributed by atoms with Crippen LogP contribution < -0.4 is 11.1 Å². The average Bonchev–Trinajstić information content (AvgIpc) is 2.33. The minimum absolute atomic E-state index is 0.0122. The molecule has 0 saturated carbocycles. The number of anilines is 1. The summed E-state index contributed by atoms with van der Waals surface area (Å²) in [5, 5.41) is 2.87. The topological polar surface area (TPSA) is 75.4 Å². The van der Waals surface area contributed by atoms with E-state index in [0.717, 1.165) is 0 Å². The number of benzene rings is 1. The molecule has 0 aliphatic rings. The predicted molar refractivity (Wildman–Crippen MR) is 71.5 cm³/mol. The number of rotatable bonds is 4. The van der Waals surface area contributed by atoms with E-state index < -0.39 is 0 Å². The average molecular weight is 270 g/mol. The van der Waals surface area contributed by atoms with Crippen molar-refractivity contribution in [2.24, 2.45) is 0 Å². The summed E-state index contributed by atoms with van der Waals surface area (Å²) in [6, 6.07) is 4.64. The molecule has 2 amide bonds. The van der Waals surface area contributed by atoms with Crippen LogP contribution in [0.5, 0.6) is 0 Å². The molecule has 18 heavy (non-hydrogen) atoms. The van der Waals surface area contributed by atoms with Gasteiger partial charge in [-0.3, -0.25) is 9.59 Å². The zero-order valence-electron chi connectivity index (χ0n) is 10.4. The first-order valence-corrected chi connectivity index (χ1v) is 5.91. The predicted octanol–water partition coefficient (Wildman–Crippen LogP) is 1.13. The molecule has 0 heterocycles. The standard InChI is InChI=1S/C12H16ClN3O2/c1-3-16(7-11(17)15-2)12(18)8-4-9(13)6-10(14)5-8/h4-6H,3,7,14H2,1-2H3,(H,15,17). The van der Waals surface area contributed by atoms with Crippen molar-refractivity contribution in [2.45, 2.75) is 6.92 Å². The van der Waals surface area contributed by atoms with Gasteiger partial charge in [-0.05, 0) is 25.1 Å². The van der Waals surface area contributed by atoms with Crippen molar-refractivity contribution in [1.82, 2.24) is 10.2 Å². The van der Waals surface area contributed by atoms with E-state index >= 15 is 0 Å².